The fraction of sp³-hybridized carbons (Fsp3) is 0.613. The number of primary amides is 1. The van der Waals surface area contributed by atoms with E-state index in [2.05, 4.69) is 16.0 Å². The molecule has 4 bridgehead atoms. The van der Waals surface area contributed by atoms with Crippen LogP contribution in [0.3, 0.4) is 0 Å². The summed E-state index contributed by atoms with van der Waals surface area (Å²) in [6.45, 7) is 11.1. The summed E-state index contributed by atoms with van der Waals surface area (Å²) in [6, 6.07) is 6.83. The van der Waals surface area contributed by atoms with Gasteiger partial charge in [-0.25, -0.2) is 9.59 Å². The maximum absolute atomic E-state index is 14.4. The molecule has 0 radical (unpaired) electrons. The summed E-state index contributed by atoms with van der Waals surface area (Å²) in [5.74, 6) is -2.37. The van der Waals surface area contributed by atoms with Gasteiger partial charge in [0.25, 0.3) is 0 Å². The Kier molecular flexibility index (Phi) is 23.3. The number of carbonyl (C=O) groups is 8. The number of benzene rings is 2. The van der Waals surface area contributed by atoms with E-state index < -0.39 is 83.4 Å². The third-order valence-corrected chi connectivity index (χ3v) is 17.2. The number of nitrogens with one attached hydrogen (secondary N) is 3. The SMILES string of the molecule is COc1cc2cc(c1Cl)N(C)C(=O)C[C@H](OC(=O)Nc1ccc(CC(=O)[C@H](CCCNC(N)=O)NC(=O)[C@@H](CC(=O)CCCCCCC(=O)C3CCC3)C(C)C)c(C)c1)[C@]1(C)O[C@H]1[C@H](C)[C@@H]1C[C@@](O)(CC(=O)O1)[C@H](OC)/C=C/C=C(\C)C2. The van der Waals surface area contributed by atoms with Crippen molar-refractivity contribution in [3.05, 3.63) is 75.8 Å². The van der Waals surface area contributed by atoms with Crippen LogP contribution in [0.4, 0.5) is 21.0 Å². The lowest BCUT2D eigenvalue weighted by Crippen LogP contribution is -2.53. The first-order valence-corrected chi connectivity index (χ1v) is 29.3. The molecule has 3 aliphatic heterocycles. The van der Waals surface area contributed by atoms with Gasteiger partial charge < -0.3 is 50.1 Å². The number of carbonyl (C=O) groups excluding carboxylic acids is 8. The predicted molar refractivity (Wildman–Crippen MR) is 310 cm³/mol. The predicted octanol–water partition coefficient (Wildman–Crippen LogP) is 8.92. The van der Waals surface area contributed by atoms with Crippen LogP contribution in [0.2, 0.25) is 5.02 Å². The van der Waals surface area contributed by atoms with E-state index in [-0.39, 0.29) is 73.5 Å². The van der Waals surface area contributed by atoms with Crippen molar-refractivity contribution in [1.29, 1.82) is 0 Å². The number of aryl methyl sites for hydroxylation is 1. The van der Waals surface area contributed by atoms with Crippen molar-refractivity contribution in [2.45, 2.75) is 192 Å². The van der Waals surface area contributed by atoms with E-state index in [9.17, 15) is 43.5 Å². The monoisotopic (exact) mass is 1160 g/mol. The number of halogens is 1. The second kappa shape index (κ2) is 29.4. The smallest absolute Gasteiger partial charge is 0.412 e. The van der Waals surface area contributed by atoms with Gasteiger partial charge in [0.1, 0.15) is 51.9 Å². The van der Waals surface area contributed by atoms with E-state index >= 15 is 0 Å². The van der Waals surface area contributed by atoms with Crippen LogP contribution in [0.15, 0.2) is 54.1 Å². The number of fused-ring (bicyclic) bond motifs is 5. The number of methoxy groups -OCH3 is 2. The summed E-state index contributed by atoms with van der Waals surface area (Å²) >= 11 is 6.86. The number of urea groups is 1. The molecule has 6 N–H and O–H groups in total. The molecule has 9 atom stereocenters. The lowest BCUT2D eigenvalue weighted by molar-refractivity contribution is -0.187. The molecule has 450 valence electrons. The summed E-state index contributed by atoms with van der Waals surface area (Å²) < 4.78 is 29.7. The minimum Gasteiger partial charge on any atom is -0.495 e. The van der Waals surface area contributed by atoms with Gasteiger partial charge in [-0.05, 0) is 113 Å². The van der Waals surface area contributed by atoms with Gasteiger partial charge in [0.05, 0.1) is 37.8 Å². The summed E-state index contributed by atoms with van der Waals surface area (Å²) in [5.41, 5.74) is 5.98. The van der Waals surface area contributed by atoms with Crippen molar-refractivity contribution >= 4 is 70.2 Å². The summed E-state index contributed by atoms with van der Waals surface area (Å²) in [7, 11) is 4.50. The molecule has 4 aliphatic rings. The van der Waals surface area contributed by atoms with Gasteiger partial charge in [-0.2, -0.15) is 0 Å². The third-order valence-electron chi connectivity index (χ3n) is 16.9. The molecule has 3 heterocycles. The van der Waals surface area contributed by atoms with Crippen molar-refractivity contribution in [3.8, 4) is 5.75 Å². The number of nitrogens with two attached hydrogens (primary N) is 1. The Hall–Kier alpha value is -6.15. The number of allylic oxidation sites excluding steroid dienone is 3. The molecule has 3 fully saturated rings. The first-order chi connectivity index (χ1) is 38.9. The van der Waals surface area contributed by atoms with Gasteiger partial charge in [0, 0.05) is 76.2 Å². The number of ether oxygens (including phenoxy) is 5. The molecule has 0 unspecified atom stereocenters. The third kappa shape index (κ3) is 17.5. The van der Waals surface area contributed by atoms with Crippen molar-refractivity contribution < 1.29 is 67.1 Å². The topological polar surface area (TPSA) is 272 Å². The molecule has 2 aromatic rings. The highest BCUT2D eigenvalue weighted by Gasteiger charge is 2.64. The number of hydrogen-bond donors (Lipinski definition) is 5. The molecule has 82 heavy (non-hydrogen) atoms. The van der Waals surface area contributed by atoms with Crippen LogP contribution in [0.5, 0.6) is 5.75 Å². The highest BCUT2D eigenvalue weighted by atomic mass is 35.5. The highest BCUT2D eigenvalue weighted by molar-refractivity contribution is 6.35. The van der Waals surface area contributed by atoms with Crippen LogP contribution in [-0.4, -0.2) is 122 Å². The summed E-state index contributed by atoms with van der Waals surface area (Å²) in [4.78, 5) is 108. The van der Waals surface area contributed by atoms with Gasteiger partial charge in [0.15, 0.2) is 5.78 Å². The maximum atomic E-state index is 14.4. The van der Waals surface area contributed by atoms with E-state index in [4.69, 9.17) is 41.0 Å². The van der Waals surface area contributed by atoms with E-state index in [1.807, 2.05) is 26.8 Å². The van der Waals surface area contributed by atoms with Crippen LogP contribution < -0.4 is 31.3 Å². The van der Waals surface area contributed by atoms with Crippen LogP contribution in [0.1, 0.15) is 148 Å². The highest BCUT2D eigenvalue weighted by Crippen LogP contribution is 2.50. The quantitative estimate of drug-likeness (QED) is 0.0373. The first-order valence-electron chi connectivity index (χ1n) is 28.9. The summed E-state index contributed by atoms with van der Waals surface area (Å²) in [5, 5.41) is 20.4. The Bertz CT molecular complexity index is 2730. The Morgan fingerprint density at radius 3 is 2.35 bits per heavy atom. The zero-order valence-electron chi connectivity index (χ0n) is 49.2. The van der Waals surface area contributed by atoms with Crippen LogP contribution in [0.25, 0.3) is 0 Å². The number of Topliss-reactive ketones (excluding diaryl/α,β-unsaturated/α-hetero) is 3. The van der Waals surface area contributed by atoms with Crippen molar-refractivity contribution in [2.75, 3.05) is 38.0 Å². The zero-order valence-corrected chi connectivity index (χ0v) is 50.0. The molecule has 0 spiro atoms. The number of nitrogens with zero attached hydrogens (tertiary/aromatic N) is 1. The molecular weight excluding hydrogens is 1070 g/mol. The van der Waals surface area contributed by atoms with Gasteiger partial charge >= 0.3 is 18.1 Å². The van der Waals surface area contributed by atoms with Gasteiger partial charge in [-0.3, -0.25) is 34.1 Å². The molecule has 0 aromatic heterocycles. The number of esters is 1. The number of epoxide rings is 1. The number of aliphatic hydroxyl groups is 1. The number of rotatable bonds is 24. The van der Waals surface area contributed by atoms with Crippen molar-refractivity contribution in [2.24, 2.45) is 29.4 Å². The van der Waals surface area contributed by atoms with E-state index in [1.54, 1.807) is 70.3 Å². The van der Waals surface area contributed by atoms with Crippen LogP contribution in [-0.2, 0) is 60.6 Å². The number of ketones is 3. The Balaban J connectivity index is 1.15. The van der Waals surface area contributed by atoms with E-state index in [0.29, 0.717) is 66.1 Å². The van der Waals surface area contributed by atoms with E-state index in [0.717, 1.165) is 49.7 Å². The van der Waals surface area contributed by atoms with Crippen molar-refractivity contribution in [3.63, 3.8) is 0 Å². The van der Waals surface area contributed by atoms with Crippen molar-refractivity contribution in [1.82, 2.24) is 10.6 Å². The number of amides is 5. The van der Waals surface area contributed by atoms with Gasteiger partial charge in [-0.15, -0.1) is 0 Å². The molecule has 20 heteroatoms. The Morgan fingerprint density at radius 1 is 0.988 bits per heavy atom. The molecule has 19 nitrogen and oxygen atoms in total. The van der Waals surface area contributed by atoms with Crippen LogP contribution >= 0.6 is 11.6 Å². The standard InChI is InChI=1S/C62H86ClN5O14/c1-36(2)45(32-44(69)20-12-10-11-13-22-48(70)41-18-15-19-41)58(74)67-46(21-16-26-65-59(64)75)49(71)31-42-24-25-43(28-38(42)4)66-60(76)81-53-33-54(72)68(7)47-29-40(30-50(78-8)56(47)63)27-37(3)17-14-23-52(79-9)62(77)34-51(80-55(73)35-62)39(5)57-61(53,6)82-57/h14,17,23-25,28-30,36,39,41,45-46,51-53,57,77H,10-13,15-16,18-22,26-27,31-35H2,1-9H3,(H,66,76)(H,67,74)(H3,64,65,75)/b23-14+,37-17+/t39-,45+,46+,51+,52-,53+,57+,61+,62-/m1/s1. The molecule has 2 aromatic carbocycles. The lowest BCUT2D eigenvalue weighted by atomic mass is 9.78. The van der Waals surface area contributed by atoms with Gasteiger partial charge in [-0.1, -0.05) is 81.5 Å². The molecule has 2 saturated heterocycles. The minimum absolute atomic E-state index is 0.0119. The lowest BCUT2D eigenvalue weighted by Gasteiger charge is -2.41. The average molecular weight is 1160 g/mol. The molecule has 1 aliphatic carbocycles. The number of unbranched alkanes of at least 4 members (excludes halogenated alkanes) is 3. The largest absolute Gasteiger partial charge is 0.495 e. The number of anilines is 2. The van der Waals surface area contributed by atoms with Crippen LogP contribution in [0, 0.1) is 30.6 Å². The van der Waals surface area contributed by atoms with Gasteiger partial charge in [0.2, 0.25) is 11.8 Å². The van der Waals surface area contributed by atoms with E-state index in [1.165, 1.54) is 19.1 Å². The fourth-order valence-electron chi connectivity index (χ4n) is 11.4. The first kappa shape index (κ1) is 65.0. The molecular formula is C62H86ClN5O14. The summed E-state index contributed by atoms with van der Waals surface area (Å²) in [6.07, 6.45) is 8.19. The normalized spacial score (nSPS) is 25.7. The molecule has 6 rings (SSSR count). The fourth-order valence-corrected chi connectivity index (χ4v) is 11.7. The number of hydrogen-bond acceptors (Lipinski definition) is 14. The average Bonchev–Trinajstić information content (AvgIpc) is 3.61. The second-order valence-electron chi connectivity index (χ2n) is 23.5. The Morgan fingerprint density at radius 2 is 1.71 bits per heavy atom. The molecule has 5 amide bonds. The maximum Gasteiger partial charge on any atom is 0.412 e. The second-order valence-corrected chi connectivity index (χ2v) is 23.9. The molecule has 1 saturated carbocycles. The zero-order chi connectivity index (χ0) is 60.1. The minimum atomic E-state index is -1.63. The Labute approximate surface area is 487 Å².